The summed E-state index contributed by atoms with van der Waals surface area (Å²) in [6.07, 6.45) is 4.55. The molecule has 0 saturated heterocycles. The Balaban J connectivity index is 1.57. The first kappa shape index (κ1) is 14.0. The summed E-state index contributed by atoms with van der Waals surface area (Å²) in [5, 5.41) is 9.00. The van der Waals surface area contributed by atoms with Gasteiger partial charge in [0.25, 0.3) is 11.8 Å². The number of amides is 3. The van der Waals surface area contributed by atoms with Crippen LogP contribution in [0.3, 0.4) is 0 Å². The summed E-state index contributed by atoms with van der Waals surface area (Å²) in [7, 11) is 0. The number of benzene rings is 1. The van der Waals surface area contributed by atoms with Crippen LogP contribution >= 0.6 is 0 Å². The second-order valence-electron chi connectivity index (χ2n) is 4.96. The van der Waals surface area contributed by atoms with Crippen molar-refractivity contribution in [3.05, 3.63) is 47.8 Å². The zero-order chi connectivity index (χ0) is 15.5. The van der Waals surface area contributed by atoms with Gasteiger partial charge in [0.2, 0.25) is 5.91 Å². The summed E-state index contributed by atoms with van der Waals surface area (Å²) in [5.74, 6) is -0.983. The molecule has 1 aromatic heterocycles. The Morgan fingerprint density at radius 1 is 1.23 bits per heavy atom. The highest BCUT2D eigenvalue weighted by Gasteiger charge is 2.26. The minimum absolute atomic E-state index is 0.142. The van der Waals surface area contributed by atoms with Crippen molar-refractivity contribution in [2.75, 3.05) is 5.32 Å². The molecule has 0 unspecified atom stereocenters. The average molecular weight is 298 g/mol. The van der Waals surface area contributed by atoms with Crippen LogP contribution < -0.4 is 10.6 Å². The molecule has 7 heteroatoms. The van der Waals surface area contributed by atoms with E-state index in [4.69, 9.17) is 0 Å². The van der Waals surface area contributed by atoms with Crippen molar-refractivity contribution in [2.45, 2.75) is 19.4 Å². The van der Waals surface area contributed by atoms with Crippen LogP contribution in [0.4, 0.5) is 5.69 Å². The minimum Gasteiger partial charge on any atom is -0.326 e. The SMILES string of the molecule is O=C(CCCn1cccn1)Nc1ccc2c(c1)C(=O)NC2=O. The lowest BCUT2D eigenvalue weighted by atomic mass is 10.1. The van der Waals surface area contributed by atoms with E-state index in [1.165, 1.54) is 12.1 Å². The van der Waals surface area contributed by atoms with E-state index in [0.29, 0.717) is 36.2 Å². The molecule has 0 bridgehead atoms. The van der Waals surface area contributed by atoms with Crippen molar-refractivity contribution in [3.8, 4) is 0 Å². The molecule has 7 nitrogen and oxygen atoms in total. The van der Waals surface area contributed by atoms with E-state index in [1.807, 2.05) is 12.3 Å². The molecule has 22 heavy (non-hydrogen) atoms. The molecule has 112 valence electrons. The Morgan fingerprint density at radius 2 is 2.05 bits per heavy atom. The maximum atomic E-state index is 11.9. The molecule has 0 fully saturated rings. The van der Waals surface area contributed by atoms with Crippen LogP contribution in [0.2, 0.25) is 0 Å². The molecular weight excluding hydrogens is 284 g/mol. The Bertz CT molecular complexity index is 737. The van der Waals surface area contributed by atoms with E-state index in [1.54, 1.807) is 16.9 Å². The number of anilines is 1. The zero-order valence-electron chi connectivity index (χ0n) is 11.7. The number of aromatic nitrogens is 2. The van der Waals surface area contributed by atoms with Gasteiger partial charge in [0, 0.05) is 31.0 Å². The molecule has 0 radical (unpaired) electrons. The van der Waals surface area contributed by atoms with Crippen LogP contribution in [-0.2, 0) is 11.3 Å². The van der Waals surface area contributed by atoms with E-state index < -0.39 is 11.8 Å². The third-order valence-corrected chi connectivity index (χ3v) is 3.37. The molecular formula is C15H14N4O3. The lowest BCUT2D eigenvalue weighted by Crippen LogP contribution is -2.19. The summed E-state index contributed by atoms with van der Waals surface area (Å²) in [5.41, 5.74) is 1.13. The highest BCUT2D eigenvalue weighted by molar-refractivity contribution is 6.22. The second kappa shape index (κ2) is 5.80. The number of aryl methyl sites for hydroxylation is 1. The molecule has 0 spiro atoms. The van der Waals surface area contributed by atoms with Crippen molar-refractivity contribution in [3.63, 3.8) is 0 Å². The van der Waals surface area contributed by atoms with Crippen molar-refractivity contribution in [1.29, 1.82) is 0 Å². The van der Waals surface area contributed by atoms with E-state index >= 15 is 0 Å². The molecule has 1 aromatic carbocycles. The normalized spacial score (nSPS) is 12.9. The fourth-order valence-corrected chi connectivity index (χ4v) is 2.30. The molecule has 3 rings (SSSR count). The molecule has 3 amide bonds. The molecule has 1 aliphatic rings. The van der Waals surface area contributed by atoms with Crippen molar-refractivity contribution in [1.82, 2.24) is 15.1 Å². The van der Waals surface area contributed by atoms with Crippen LogP contribution in [0.5, 0.6) is 0 Å². The van der Waals surface area contributed by atoms with Crippen molar-refractivity contribution >= 4 is 23.4 Å². The average Bonchev–Trinajstić information content (AvgIpc) is 3.08. The van der Waals surface area contributed by atoms with Crippen molar-refractivity contribution in [2.24, 2.45) is 0 Å². The molecule has 2 heterocycles. The van der Waals surface area contributed by atoms with Gasteiger partial charge in [-0.25, -0.2) is 0 Å². The largest absolute Gasteiger partial charge is 0.326 e. The predicted octanol–water partition coefficient (Wildman–Crippen LogP) is 1.19. The number of rotatable bonds is 5. The van der Waals surface area contributed by atoms with Gasteiger partial charge in [-0.05, 0) is 30.7 Å². The quantitative estimate of drug-likeness (QED) is 0.811. The van der Waals surface area contributed by atoms with Crippen molar-refractivity contribution < 1.29 is 14.4 Å². The molecule has 2 N–H and O–H groups in total. The first-order valence-electron chi connectivity index (χ1n) is 6.90. The van der Waals surface area contributed by atoms with Gasteiger partial charge in [0.15, 0.2) is 0 Å². The first-order chi connectivity index (χ1) is 10.6. The minimum atomic E-state index is -0.435. The topological polar surface area (TPSA) is 93.1 Å². The molecule has 0 aliphatic carbocycles. The number of carbonyl (C=O) groups excluding carboxylic acids is 3. The van der Waals surface area contributed by atoms with Gasteiger partial charge in [-0.3, -0.25) is 24.4 Å². The molecule has 1 aliphatic heterocycles. The zero-order valence-corrected chi connectivity index (χ0v) is 11.7. The third kappa shape index (κ3) is 2.88. The van der Waals surface area contributed by atoms with E-state index in [-0.39, 0.29) is 5.91 Å². The number of nitrogens with zero attached hydrogens (tertiary/aromatic N) is 2. The summed E-state index contributed by atoms with van der Waals surface area (Å²) in [6, 6.07) is 6.50. The van der Waals surface area contributed by atoms with Crippen LogP contribution in [0, 0.1) is 0 Å². The third-order valence-electron chi connectivity index (χ3n) is 3.37. The number of fused-ring (bicyclic) bond motifs is 1. The van der Waals surface area contributed by atoms with E-state index in [9.17, 15) is 14.4 Å². The van der Waals surface area contributed by atoms with E-state index in [2.05, 4.69) is 15.7 Å². The fraction of sp³-hybridized carbons (Fsp3) is 0.200. The number of hydrogen-bond donors (Lipinski definition) is 2. The summed E-state index contributed by atoms with van der Waals surface area (Å²) >= 11 is 0. The fourth-order valence-electron chi connectivity index (χ4n) is 2.30. The first-order valence-corrected chi connectivity index (χ1v) is 6.90. The molecule has 2 aromatic rings. The van der Waals surface area contributed by atoms with Crippen LogP contribution in [0.15, 0.2) is 36.7 Å². The summed E-state index contributed by atoms with van der Waals surface area (Å²) < 4.78 is 1.76. The number of imide groups is 1. The van der Waals surface area contributed by atoms with Crippen LogP contribution in [0.1, 0.15) is 33.6 Å². The Hall–Kier alpha value is -2.96. The van der Waals surface area contributed by atoms with Crippen LogP contribution in [0.25, 0.3) is 0 Å². The number of carbonyl (C=O) groups is 3. The maximum absolute atomic E-state index is 11.9. The van der Waals surface area contributed by atoms with Gasteiger partial charge < -0.3 is 5.32 Å². The monoisotopic (exact) mass is 298 g/mol. The van der Waals surface area contributed by atoms with Gasteiger partial charge in [0.1, 0.15) is 0 Å². The Kier molecular flexibility index (Phi) is 3.69. The maximum Gasteiger partial charge on any atom is 0.259 e. The Labute approximate surface area is 126 Å². The van der Waals surface area contributed by atoms with Gasteiger partial charge in [-0.2, -0.15) is 5.10 Å². The number of hydrogen-bond acceptors (Lipinski definition) is 4. The lowest BCUT2D eigenvalue weighted by molar-refractivity contribution is -0.116. The molecule has 0 atom stereocenters. The Morgan fingerprint density at radius 3 is 2.82 bits per heavy atom. The van der Waals surface area contributed by atoms with Crippen LogP contribution in [-0.4, -0.2) is 27.5 Å². The second-order valence-corrected chi connectivity index (χ2v) is 4.96. The van der Waals surface area contributed by atoms with Gasteiger partial charge in [-0.1, -0.05) is 0 Å². The van der Waals surface area contributed by atoms with Gasteiger partial charge in [-0.15, -0.1) is 0 Å². The lowest BCUT2D eigenvalue weighted by Gasteiger charge is -2.06. The van der Waals surface area contributed by atoms with E-state index in [0.717, 1.165) is 0 Å². The highest BCUT2D eigenvalue weighted by Crippen LogP contribution is 2.20. The highest BCUT2D eigenvalue weighted by atomic mass is 16.2. The van der Waals surface area contributed by atoms with Gasteiger partial charge in [0.05, 0.1) is 11.1 Å². The number of nitrogens with one attached hydrogen (secondary N) is 2. The standard InChI is InChI=1S/C15H14N4O3/c20-13(3-1-7-19-8-2-6-16-19)17-10-4-5-11-12(9-10)15(22)18-14(11)21/h2,4-6,8-9H,1,3,7H2,(H,17,20)(H,18,21,22). The predicted molar refractivity (Wildman–Crippen MR) is 78.3 cm³/mol. The smallest absolute Gasteiger partial charge is 0.259 e. The molecule has 0 saturated carbocycles. The summed E-state index contributed by atoms with van der Waals surface area (Å²) in [4.78, 5) is 34.9. The summed E-state index contributed by atoms with van der Waals surface area (Å²) in [6.45, 7) is 0.668. The van der Waals surface area contributed by atoms with Gasteiger partial charge >= 0.3 is 0 Å².